The summed E-state index contributed by atoms with van der Waals surface area (Å²) in [5.74, 6) is 1.65. The van der Waals surface area contributed by atoms with Crippen LogP contribution in [0.15, 0.2) is 66.7 Å². The molecule has 0 fully saturated rings. The summed E-state index contributed by atoms with van der Waals surface area (Å²) < 4.78 is 92.4. The van der Waals surface area contributed by atoms with Crippen molar-refractivity contribution in [2.75, 3.05) is 13.9 Å². The van der Waals surface area contributed by atoms with E-state index in [9.17, 15) is 22.0 Å². The number of rotatable bonds is 13. The molecule has 1 aromatic heterocycles. The molecule has 0 aliphatic carbocycles. The van der Waals surface area contributed by atoms with Crippen LogP contribution in [0.25, 0.3) is 11.4 Å². The number of halogens is 5. The fraction of sp³-hybridized carbons (Fsp3) is 0.344. The first-order valence-electron chi connectivity index (χ1n) is 14.1. The maximum absolute atomic E-state index is 14.6. The minimum atomic E-state index is -4.74. The first kappa shape index (κ1) is 31.1. The number of methoxy groups -OCH3 is 1. The normalized spacial score (nSPS) is 12.8. The van der Waals surface area contributed by atoms with Crippen molar-refractivity contribution in [3.8, 4) is 34.4 Å². The van der Waals surface area contributed by atoms with Crippen molar-refractivity contribution in [1.29, 1.82) is 0 Å². The van der Waals surface area contributed by atoms with Gasteiger partial charge in [-0.2, -0.15) is 22.0 Å². The van der Waals surface area contributed by atoms with E-state index in [1.165, 1.54) is 19.2 Å². The summed E-state index contributed by atoms with van der Waals surface area (Å²) in [5, 5.41) is 0. The van der Waals surface area contributed by atoms with E-state index in [4.69, 9.17) is 14.2 Å². The molecule has 0 atom stereocenters. The Hall–Kier alpha value is -4.32. The first-order chi connectivity index (χ1) is 21.2. The topological polar surface area (TPSA) is 58.0 Å². The van der Waals surface area contributed by atoms with Gasteiger partial charge in [0.15, 0.2) is 17.2 Å². The van der Waals surface area contributed by atoms with Gasteiger partial charge in [-0.15, -0.1) is 0 Å². The van der Waals surface area contributed by atoms with Crippen molar-refractivity contribution in [2.45, 2.75) is 58.7 Å². The van der Waals surface area contributed by atoms with E-state index in [1.54, 1.807) is 58.0 Å². The van der Waals surface area contributed by atoms with E-state index < -0.39 is 18.5 Å². The Morgan fingerprint density at radius 2 is 1.68 bits per heavy atom. The Bertz CT molecular complexity index is 1570. The maximum atomic E-state index is 14.6. The number of aromatic nitrogens is 2. The van der Waals surface area contributed by atoms with Crippen LogP contribution in [-0.2, 0) is 32.4 Å². The Kier molecular flexibility index (Phi) is 9.58. The van der Waals surface area contributed by atoms with Gasteiger partial charge in [0.2, 0.25) is 6.79 Å². The van der Waals surface area contributed by atoms with E-state index in [0.29, 0.717) is 41.3 Å². The predicted octanol–water partition coefficient (Wildman–Crippen LogP) is 7.91. The second kappa shape index (κ2) is 13.5. The highest BCUT2D eigenvalue weighted by Crippen LogP contribution is 2.39. The monoisotopic (exact) mass is 617 g/mol. The molecule has 2 heterocycles. The fourth-order valence-corrected chi connectivity index (χ4v) is 5.22. The van der Waals surface area contributed by atoms with Crippen LogP contribution in [-0.4, -0.2) is 35.0 Å². The van der Waals surface area contributed by atoms with Crippen LogP contribution in [0.1, 0.15) is 42.3 Å². The second-order valence-corrected chi connectivity index (χ2v) is 10.3. The predicted molar refractivity (Wildman–Crippen MR) is 153 cm³/mol. The number of fused-ring (bicyclic) bond motifs is 1. The van der Waals surface area contributed by atoms with Crippen LogP contribution in [0.2, 0.25) is 0 Å². The number of alkyl halides is 5. The van der Waals surface area contributed by atoms with E-state index in [2.05, 4.69) is 9.72 Å². The molecule has 0 radical (unpaired) electrons. The maximum Gasteiger partial charge on any atom is 0.435 e. The molecule has 0 saturated heterocycles. The zero-order chi connectivity index (χ0) is 31.3. The summed E-state index contributed by atoms with van der Waals surface area (Å²) >= 11 is 0. The smallest absolute Gasteiger partial charge is 0.435 e. The molecular formula is C32H32F5N3O4. The summed E-state index contributed by atoms with van der Waals surface area (Å²) in [6, 6.07) is 18.3. The minimum Gasteiger partial charge on any atom is -0.496 e. The van der Waals surface area contributed by atoms with Gasteiger partial charge in [0.1, 0.15) is 17.3 Å². The third kappa shape index (κ3) is 7.24. The molecule has 0 N–H and O–H groups in total. The molecule has 3 aromatic carbocycles. The molecule has 4 aromatic rings. The lowest BCUT2D eigenvalue weighted by Gasteiger charge is -2.25. The molecule has 0 unspecified atom stereocenters. The van der Waals surface area contributed by atoms with Crippen LogP contribution in [0.4, 0.5) is 22.0 Å². The van der Waals surface area contributed by atoms with Crippen LogP contribution in [0.5, 0.6) is 23.0 Å². The number of para-hydroxylation sites is 1. The van der Waals surface area contributed by atoms with Crippen molar-refractivity contribution in [3.05, 3.63) is 89.2 Å². The molecule has 7 nitrogen and oxygen atoms in total. The van der Waals surface area contributed by atoms with Crippen molar-refractivity contribution < 1.29 is 40.9 Å². The molecular weight excluding hydrogens is 585 g/mol. The summed E-state index contributed by atoms with van der Waals surface area (Å²) in [7, 11) is 1.46. The molecule has 5 rings (SSSR count). The van der Waals surface area contributed by atoms with Crippen LogP contribution >= 0.6 is 0 Å². The summed E-state index contributed by atoms with van der Waals surface area (Å²) in [6.45, 7) is -0.453. The van der Waals surface area contributed by atoms with E-state index in [1.807, 2.05) is 13.0 Å². The van der Waals surface area contributed by atoms with Gasteiger partial charge in [0.25, 0.3) is 0 Å². The number of benzene rings is 3. The van der Waals surface area contributed by atoms with E-state index in [0.717, 1.165) is 12.0 Å². The third-order valence-corrected chi connectivity index (χ3v) is 7.17. The molecule has 1 aliphatic rings. The second-order valence-electron chi connectivity index (χ2n) is 10.3. The van der Waals surface area contributed by atoms with Gasteiger partial charge < -0.3 is 23.5 Å². The summed E-state index contributed by atoms with van der Waals surface area (Å²) in [4.78, 5) is 5.97. The lowest BCUT2D eigenvalue weighted by Crippen LogP contribution is -2.26. The van der Waals surface area contributed by atoms with Crippen LogP contribution < -0.4 is 18.9 Å². The van der Waals surface area contributed by atoms with Crippen molar-refractivity contribution in [1.82, 2.24) is 14.5 Å². The SMILES string of the molecule is CCCCn1c(-c2ccccc2OC)nc(C(F)(F)F)c1CN(Cc1cccc(OC(F)F)c1)Cc1ccc2c(c1)OCO2. The Labute approximate surface area is 251 Å². The number of imidazole rings is 1. The van der Waals surface area contributed by atoms with E-state index in [-0.39, 0.29) is 43.7 Å². The highest BCUT2D eigenvalue weighted by atomic mass is 19.4. The fourth-order valence-electron chi connectivity index (χ4n) is 5.22. The van der Waals surface area contributed by atoms with Crippen LogP contribution in [0.3, 0.4) is 0 Å². The van der Waals surface area contributed by atoms with Gasteiger partial charge in [0, 0.05) is 26.2 Å². The first-order valence-corrected chi connectivity index (χ1v) is 14.1. The Morgan fingerprint density at radius 3 is 2.41 bits per heavy atom. The Balaban J connectivity index is 1.59. The molecule has 12 heteroatoms. The number of hydrogen-bond acceptors (Lipinski definition) is 6. The minimum absolute atomic E-state index is 0.00687. The number of unbranched alkanes of at least 4 members (excludes halogenated alkanes) is 1. The van der Waals surface area contributed by atoms with Crippen molar-refractivity contribution >= 4 is 0 Å². The molecule has 0 bridgehead atoms. The molecule has 234 valence electrons. The van der Waals surface area contributed by atoms with Gasteiger partial charge in [-0.05, 0) is 53.9 Å². The zero-order valence-corrected chi connectivity index (χ0v) is 24.2. The summed E-state index contributed by atoms with van der Waals surface area (Å²) in [5.41, 5.74) is 0.809. The number of nitrogens with zero attached hydrogens (tertiary/aromatic N) is 3. The number of hydrogen-bond donors (Lipinski definition) is 0. The summed E-state index contributed by atoms with van der Waals surface area (Å²) in [6.07, 6.45) is -3.36. The molecule has 0 saturated carbocycles. The highest BCUT2D eigenvalue weighted by Gasteiger charge is 2.40. The van der Waals surface area contributed by atoms with Crippen molar-refractivity contribution in [2.24, 2.45) is 0 Å². The van der Waals surface area contributed by atoms with Gasteiger partial charge >= 0.3 is 12.8 Å². The molecule has 1 aliphatic heterocycles. The molecule has 44 heavy (non-hydrogen) atoms. The highest BCUT2D eigenvalue weighted by molar-refractivity contribution is 5.65. The lowest BCUT2D eigenvalue weighted by molar-refractivity contribution is -0.141. The molecule has 0 amide bonds. The Morgan fingerprint density at radius 1 is 0.932 bits per heavy atom. The standard InChI is InChI=1S/C32H32F5N3O4/c1-3-4-14-40-25(29(32(35,36)37)38-30(40)24-10-5-6-11-26(24)41-2)19-39(17-21-8-7-9-23(15-21)44-31(33)34)18-22-12-13-27-28(16-22)43-20-42-27/h5-13,15-16,31H,3-4,14,17-20H2,1-2H3. The van der Waals surface area contributed by atoms with E-state index >= 15 is 0 Å². The average Bonchev–Trinajstić information content (AvgIpc) is 3.60. The van der Waals surface area contributed by atoms with Crippen LogP contribution in [0, 0.1) is 0 Å². The van der Waals surface area contributed by atoms with Gasteiger partial charge in [-0.1, -0.05) is 43.7 Å². The third-order valence-electron chi connectivity index (χ3n) is 7.17. The number of ether oxygens (including phenoxy) is 4. The lowest BCUT2D eigenvalue weighted by atomic mass is 10.1. The largest absolute Gasteiger partial charge is 0.496 e. The van der Waals surface area contributed by atoms with Gasteiger partial charge in [-0.25, -0.2) is 4.98 Å². The quantitative estimate of drug-likeness (QED) is 0.142. The van der Waals surface area contributed by atoms with Gasteiger partial charge in [0.05, 0.1) is 18.4 Å². The van der Waals surface area contributed by atoms with Crippen molar-refractivity contribution in [3.63, 3.8) is 0 Å². The zero-order valence-electron chi connectivity index (χ0n) is 24.2. The molecule has 0 spiro atoms. The van der Waals surface area contributed by atoms with Gasteiger partial charge in [-0.3, -0.25) is 4.90 Å². The average molecular weight is 618 g/mol.